The Hall–Kier alpha value is -2.09. The fourth-order valence-electron chi connectivity index (χ4n) is 3.90. The number of halogens is 2. The zero-order chi connectivity index (χ0) is 19.0. The Kier molecular flexibility index (Phi) is 4.84. The molecular weight excluding hydrogens is 354 g/mol. The molecule has 1 saturated carbocycles. The van der Waals surface area contributed by atoms with E-state index in [0.717, 1.165) is 18.4 Å². The zero-order valence-electron chi connectivity index (χ0n) is 15.1. The van der Waals surface area contributed by atoms with Gasteiger partial charge in [-0.2, -0.15) is 0 Å². The van der Waals surface area contributed by atoms with Crippen molar-refractivity contribution >= 4 is 11.8 Å². The molecule has 0 aromatic carbocycles. The number of hydrogen-bond donors (Lipinski definition) is 1. The summed E-state index contributed by atoms with van der Waals surface area (Å²) in [6.45, 7) is 0.872. The van der Waals surface area contributed by atoms with E-state index in [9.17, 15) is 18.4 Å². The molecule has 1 N–H and O–H groups in total. The summed E-state index contributed by atoms with van der Waals surface area (Å²) < 4.78 is 28.0. The van der Waals surface area contributed by atoms with Crippen molar-refractivity contribution in [3.8, 4) is 0 Å². The van der Waals surface area contributed by atoms with Crippen LogP contribution in [0, 0.1) is 5.92 Å². The third kappa shape index (κ3) is 4.10. The molecule has 0 spiro atoms. The molecule has 2 aliphatic heterocycles. The van der Waals surface area contributed by atoms with Gasteiger partial charge in [0, 0.05) is 50.4 Å². The maximum Gasteiger partial charge on any atom is 0.262 e. The highest BCUT2D eigenvalue weighted by Gasteiger charge is 2.53. The van der Waals surface area contributed by atoms with Gasteiger partial charge in [0.05, 0.1) is 12.6 Å². The molecule has 0 bridgehead atoms. The molecule has 146 valence electrons. The number of amides is 2. The predicted molar refractivity (Wildman–Crippen MR) is 94.1 cm³/mol. The minimum atomic E-state index is -2.87. The second-order valence-electron chi connectivity index (χ2n) is 7.82. The Balaban J connectivity index is 1.31. The Morgan fingerprint density at radius 2 is 2.07 bits per heavy atom. The standard InChI is InChI=1S/C19H24F2N4O2/c20-19(21)8-16(17(26)23-7-5-13-2-1-6-22-9-13)25(12-19)15-10-24(11-15)18(27)14-3-4-14/h1-2,6,9,14-16H,3-5,7-8,10-12H2,(H,23,26)/t16-/m0/s1. The van der Waals surface area contributed by atoms with Crippen molar-refractivity contribution < 1.29 is 18.4 Å². The summed E-state index contributed by atoms with van der Waals surface area (Å²) >= 11 is 0. The molecule has 1 atom stereocenters. The first-order chi connectivity index (χ1) is 12.9. The molecule has 1 aliphatic carbocycles. The van der Waals surface area contributed by atoms with E-state index in [1.807, 2.05) is 12.1 Å². The lowest BCUT2D eigenvalue weighted by molar-refractivity contribution is -0.141. The van der Waals surface area contributed by atoms with Crippen molar-refractivity contribution in [2.24, 2.45) is 5.92 Å². The Bertz CT molecular complexity index is 705. The number of rotatable bonds is 6. The highest BCUT2D eigenvalue weighted by atomic mass is 19.3. The monoisotopic (exact) mass is 378 g/mol. The average molecular weight is 378 g/mol. The van der Waals surface area contributed by atoms with Gasteiger partial charge in [0.15, 0.2) is 0 Å². The largest absolute Gasteiger partial charge is 0.354 e. The Morgan fingerprint density at radius 3 is 2.74 bits per heavy atom. The van der Waals surface area contributed by atoms with Gasteiger partial charge in [-0.15, -0.1) is 0 Å². The second-order valence-corrected chi connectivity index (χ2v) is 7.82. The third-order valence-corrected chi connectivity index (χ3v) is 5.61. The maximum absolute atomic E-state index is 14.0. The topological polar surface area (TPSA) is 65.5 Å². The zero-order valence-corrected chi connectivity index (χ0v) is 15.1. The number of pyridine rings is 1. The second kappa shape index (κ2) is 7.14. The summed E-state index contributed by atoms with van der Waals surface area (Å²) in [7, 11) is 0. The average Bonchev–Trinajstić information content (AvgIpc) is 3.39. The minimum Gasteiger partial charge on any atom is -0.354 e. The van der Waals surface area contributed by atoms with Crippen molar-refractivity contribution in [1.29, 1.82) is 0 Å². The number of nitrogens with one attached hydrogen (secondary N) is 1. The molecule has 6 nitrogen and oxygen atoms in total. The summed E-state index contributed by atoms with van der Waals surface area (Å²) in [4.78, 5) is 31.9. The molecule has 4 rings (SSSR count). The minimum absolute atomic E-state index is 0.134. The van der Waals surface area contributed by atoms with Gasteiger partial charge in [-0.05, 0) is 30.9 Å². The fourth-order valence-corrected chi connectivity index (χ4v) is 3.90. The lowest BCUT2D eigenvalue weighted by Crippen LogP contribution is -2.64. The van der Waals surface area contributed by atoms with E-state index in [2.05, 4.69) is 10.3 Å². The predicted octanol–water partition coefficient (Wildman–Crippen LogP) is 1.07. The molecule has 8 heteroatoms. The van der Waals surface area contributed by atoms with Crippen LogP contribution >= 0.6 is 0 Å². The fraction of sp³-hybridized carbons (Fsp3) is 0.632. The molecule has 2 saturated heterocycles. The van der Waals surface area contributed by atoms with E-state index in [1.165, 1.54) is 0 Å². The van der Waals surface area contributed by atoms with Crippen molar-refractivity contribution in [3.63, 3.8) is 0 Å². The molecule has 0 unspecified atom stereocenters. The summed E-state index contributed by atoms with van der Waals surface area (Å²) in [6.07, 6.45) is 5.42. The summed E-state index contributed by atoms with van der Waals surface area (Å²) in [5.74, 6) is -2.96. The van der Waals surface area contributed by atoms with Gasteiger partial charge in [0.1, 0.15) is 0 Å². The van der Waals surface area contributed by atoms with Crippen LogP contribution in [-0.4, -0.2) is 70.8 Å². The molecule has 3 fully saturated rings. The Morgan fingerprint density at radius 1 is 1.30 bits per heavy atom. The van der Waals surface area contributed by atoms with Crippen LogP contribution in [0.25, 0.3) is 0 Å². The van der Waals surface area contributed by atoms with Crippen LogP contribution in [0.3, 0.4) is 0 Å². The van der Waals surface area contributed by atoms with Gasteiger partial charge in [-0.1, -0.05) is 6.07 Å². The SMILES string of the molecule is O=C(NCCc1cccnc1)[C@@H]1CC(F)(F)CN1C1CN(C(=O)C2CC2)C1. The van der Waals surface area contributed by atoms with Crippen molar-refractivity contribution in [1.82, 2.24) is 20.1 Å². The van der Waals surface area contributed by atoms with E-state index in [-0.39, 0.29) is 23.8 Å². The lowest BCUT2D eigenvalue weighted by atomic mass is 10.0. The van der Waals surface area contributed by atoms with Gasteiger partial charge in [0.25, 0.3) is 5.92 Å². The quantitative estimate of drug-likeness (QED) is 0.804. The van der Waals surface area contributed by atoms with Gasteiger partial charge in [-0.3, -0.25) is 19.5 Å². The molecule has 3 heterocycles. The highest BCUT2D eigenvalue weighted by molar-refractivity contribution is 5.83. The molecule has 0 radical (unpaired) electrons. The number of hydrogen-bond acceptors (Lipinski definition) is 4. The van der Waals surface area contributed by atoms with Gasteiger partial charge >= 0.3 is 0 Å². The van der Waals surface area contributed by atoms with Gasteiger partial charge in [0.2, 0.25) is 11.8 Å². The molecule has 3 aliphatic rings. The number of carbonyl (C=O) groups is 2. The molecule has 27 heavy (non-hydrogen) atoms. The number of alkyl halides is 2. The van der Waals surface area contributed by atoms with E-state index in [0.29, 0.717) is 26.1 Å². The summed E-state index contributed by atoms with van der Waals surface area (Å²) in [6, 6.07) is 2.74. The number of aromatic nitrogens is 1. The molecule has 1 aromatic rings. The first kappa shape index (κ1) is 18.3. The normalized spacial score (nSPS) is 25.3. The Labute approximate surface area is 156 Å². The van der Waals surface area contributed by atoms with Crippen LogP contribution in [0.4, 0.5) is 8.78 Å². The molecular formula is C19H24F2N4O2. The van der Waals surface area contributed by atoms with Crippen LogP contribution in [0.1, 0.15) is 24.8 Å². The third-order valence-electron chi connectivity index (χ3n) is 5.61. The first-order valence-electron chi connectivity index (χ1n) is 9.52. The van der Waals surface area contributed by atoms with Gasteiger partial charge in [-0.25, -0.2) is 8.78 Å². The summed E-state index contributed by atoms with van der Waals surface area (Å²) in [5, 5.41) is 2.78. The van der Waals surface area contributed by atoms with Crippen LogP contribution < -0.4 is 5.32 Å². The van der Waals surface area contributed by atoms with Crippen molar-refractivity contribution in [3.05, 3.63) is 30.1 Å². The van der Waals surface area contributed by atoms with Crippen LogP contribution in [0.2, 0.25) is 0 Å². The number of nitrogens with zero attached hydrogens (tertiary/aromatic N) is 3. The van der Waals surface area contributed by atoms with Crippen molar-refractivity contribution in [2.45, 2.75) is 43.7 Å². The molecule has 2 amide bonds. The van der Waals surface area contributed by atoms with E-state index >= 15 is 0 Å². The lowest BCUT2D eigenvalue weighted by Gasteiger charge is -2.45. The smallest absolute Gasteiger partial charge is 0.262 e. The molecule has 1 aromatic heterocycles. The van der Waals surface area contributed by atoms with Crippen molar-refractivity contribution in [2.75, 3.05) is 26.2 Å². The van der Waals surface area contributed by atoms with Crippen LogP contribution in [0.5, 0.6) is 0 Å². The number of likely N-dealkylation sites (tertiary alicyclic amines) is 2. The first-order valence-corrected chi connectivity index (χ1v) is 9.52. The highest BCUT2D eigenvalue weighted by Crippen LogP contribution is 2.37. The van der Waals surface area contributed by atoms with E-state index in [4.69, 9.17) is 0 Å². The maximum atomic E-state index is 14.0. The van der Waals surface area contributed by atoms with E-state index in [1.54, 1.807) is 22.2 Å². The number of carbonyl (C=O) groups excluding carboxylic acids is 2. The van der Waals surface area contributed by atoms with Crippen LogP contribution in [-0.2, 0) is 16.0 Å². The summed E-state index contributed by atoms with van der Waals surface area (Å²) in [5.41, 5.74) is 0.986. The van der Waals surface area contributed by atoms with Gasteiger partial charge < -0.3 is 10.2 Å². The van der Waals surface area contributed by atoms with Crippen LogP contribution in [0.15, 0.2) is 24.5 Å². The van der Waals surface area contributed by atoms with E-state index < -0.39 is 24.9 Å².